The fourth-order valence-corrected chi connectivity index (χ4v) is 3.73. The van der Waals surface area contributed by atoms with E-state index >= 15 is 0 Å². The van der Waals surface area contributed by atoms with Crippen molar-refractivity contribution in [3.8, 4) is 28.4 Å². The number of nitrogens with zero attached hydrogens (tertiary/aromatic N) is 1. The molecule has 0 saturated heterocycles. The van der Waals surface area contributed by atoms with E-state index in [0.29, 0.717) is 29.6 Å². The standard InChI is InChI=1S/C20H20N2O4/c1-20(2)9-24-19(22-20)15-13(8-14-18(17(15)23)26-10-25-14)12-5-3-4-11-6-7-21-16(11)12/h3-5,8,21,23H,6-7,9-10H2,1-2H3. The van der Waals surface area contributed by atoms with Crippen LogP contribution >= 0.6 is 0 Å². The van der Waals surface area contributed by atoms with Crippen LogP contribution in [-0.2, 0) is 11.2 Å². The number of phenolic OH excluding ortho intramolecular Hbond substituents is 1. The molecule has 0 atom stereocenters. The van der Waals surface area contributed by atoms with Crippen LogP contribution in [-0.4, -0.2) is 36.5 Å². The van der Waals surface area contributed by atoms with Crippen LogP contribution in [0.1, 0.15) is 25.0 Å². The van der Waals surface area contributed by atoms with Crippen LogP contribution in [0.2, 0.25) is 0 Å². The van der Waals surface area contributed by atoms with Crippen molar-refractivity contribution in [1.82, 2.24) is 0 Å². The van der Waals surface area contributed by atoms with Gasteiger partial charge in [-0.3, -0.25) is 0 Å². The maximum atomic E-state index is 10.9. The van der Waals surface area contributed by atoms with Crippen molar-refractivity contribution in [2.75, 3.05) is 25.3 Å². The number of fused-ring (bicyclic) bond motifs is 2. The summed E-state index contributed by atoms with van der Waals surface area (Å²) in [5.74, 6) is 1.34. The van der Waals surface area contributed by atoms with E-state index in [1.807, 2.05) is 32.0 Å². The van der Waals surface area contributed by atoms with Gasteiger partial charge >= 0.3 is 0 Å². The molecule has 3 aliphatic heterocycles. The summed E-state index contributed by atoms with van der Waals surface area (Å²) in [6.45, 7) is 5.48. The van der Waals surface area contributed by atoms with Crippen LogP contribution in [0.5, 0.6) is 17.2 Å². The maximum absolute atomic E-state index is 10.9. The fraction of sp³-hybridized carbons (Fsp3) is 0.350. The molecule has 2 N–H and O–H groups in total. The zero-order valence-corrected chi connectivity index (χ0v) is 14.8. The number of para-hydroxylation sites is 1. The zero-order chi connectivity index (χ0) is 17.9. The SMILES string of the molecule is CC1(C)COC(c2c(-c3cccc4c3NCC4)cc3c(c2O)OCO3)=N1. The molecule has 0 spiro atoms. The fourth-order valence-electron chi connectivity index (χ4n) is 3.73. The number of rotatable bonds is 2. The van der Waals surface area contributed by atoms with Gasteiger partial charge in [-0.25, -0.2) is 4.99 Å². The van der Waals surface area contributed by atoms with Crippen LogP contribution in [0.15, 0.2) is 29.3 Å². The van der Waals surface area contributed by atoms with Gasteiger partial charge in [0.25, 0.3) is 0 Å². The van der Waals surface area contributed by atoms with Crippen molar-refractivity contribution in [3.05, 3.63) is 35.4 Å². The van der Waals surface area contributed by atoms with Crippen molar-refractivity contribution in [3.63, 3.8) is 0 Å². The second-order valence-corrected chi connectivity index (χ2v) is 7.42. The molecule has 2 aromatic rings. The summed E-state index contributed by atoms with van der Waals surface area (Å²) >= 11 is 0. The van der Waals surface area contributed by atoms with Crippen molar-refractivity contribution >= 4 is 11.6 Å². The average Bonchev–Trinajstić information content (AvgIpc) is 3.33. The first kappa shape index (κ1) is 15.4. The lowest BCUT2D eigenvalue weighted by Gasteiger charge is -2.16. The van der Waals surface area contributed by atoms with Crippen molar-refractivity contribution < 1.29 is 19.3 Å². The van der Waals surface area contributed by atoms with Crippen LogP contribution in [0, 0.1) is 0 Å². The number of hydrogen-bond donors (Lipinski definition) is 2. The van der Waals surface area contributed by atoms with Crippen molar-refractivity contribution in [1.29, 1.82) is 0 Å². The number of phenols is 1. The number of anilines is 1. The largest absolute Gasteiger partial charge is 0.504 e. The van der Waals surface area contributed by atoms with Gasteiger partial charge in [-0.05, 0) is 31.9 Å². The van der Waals surface area contributed by atoms with Crippen molar-refractivity contribution in [2.45, 2.75) is 25.8 Å². The Labute approximate surface area is 151 Å². The second kappa shape index (κ2) is 5.30. The van der Waals surface area contributed by atoms with Crippen LogP contribution in [0.3, 0.4) is 0 Å². The second-order valence-electron chi connectivity index (χ2n) is 7.42. The Balaban J connectivity index is 1.78. The van der Waals surface area contributed by atoms with E-state index in [2.05, 4.69) is 16.4 Å². The van der Waals surface area contributed by atoms with E-state index < -0.39 is 0 Å². The molecule has 0 amide bonds. The molecule has 5 rings (SSSR count). The molecule has 0 unspecified atom stereocenters. The van der Waals surface area contributed by atoms with Gasteiger partial charge in [-0.1, -0.05) is 18.2 Å². The molecule has 6 nitrogen and oxygen atoms in total. The van der Waals surface area contributed by atoms with E-state index in [1.165, 1.54) is 5.56 Å². The van der Waals surface area contributed by atoms with Gasteiger partial charge < -0.3 is 24.6 Å². The first-order chi connectivity index (χ1) is 12.5. The summed E-state index contributed by atoms with van der Waals surface area (Å²) in [4.78, 5) is 4.67. The van der Waals surface area contributed by atoms with E-state index in [0.717, 1.165) is 29.8 Å². The van der Waals surface area contributed by atoms with Crippen LogP contribution in [0.25, 0.3) is 11.1 Å². The lowest BCUT2D eigenvalue weighted by Crippen LogP contribution is -2.17. The molecule has 26 heavy (non-hydrogen) atoms. The normalized spacial score (nSPS) is 18.9. The predicted octanol–water partition coefficient (Wildman–Crippen LogP) is 3.31. The van der Waals surface area contributed by atoms with E-state index in [4.69, 9.17) is 14.2 Å². The molecule has 0 saturated carbocycles. The van der Waals surface area contributed by atoms with Gasteiger partial charge in [0.05, 0.1) is 11.1 Å². The number of aromatic hydroxyl groups is 1. The highest BCUT2D eigenvalue weighted by molar-refractivity contribution is 6.07. The number of benzene rings is 2. The third-order valence-electron chi connectivity index (χ3n) is 4.96. The molecule has 0 aromatic heterocycles. The van der Waals surface area contributed by atoms with Gasteiger partial charge in [-0.15, -0.1) is 0 Å². The molecule has 2 aromatic carbocycles. The highest BCUT2D eigenvalue weighted by Crippen LogP contribution is 2.50. The summed E-state index contributed by atoms with van der Waals surface area (Å²) in [5, 5.41) is 14.4. The summed E-state index contributed by atoms with van der Waals surface area (Å²) in [7, 11) is 0. The maximum Gasteiger partial charge on any atom is 0.231 e. The predicted molar refractivity (Wildman–Crippen MR) is 98.4 cm³/mol. The zero-order valence-electron chi connectivity index (χ0n) is 14.8. The third-order valence-corrected chi connectivity index (χ3v) is 4.96. The first-order valence-corrected chi connectivity index (χ1v) is 8.78. The summed E-state index contributed by atoms with van der Waals surface area (Å²) in [6, 6.07) is 8.11. The van der Waals surface area contributed by atoms with Gasteiger partial charge in [0.1, 0.15) is 6.61 Å². The molecule has 134 valence electrons. The highest BCUT2D eigenvalue weighted by Gasteiger charge is 2.34. The van der Waals surface area contributed by atoms with Crippen molar-refractivity contribution in [2.24, 2.45) is 4.99 Å². The van der Waals surface area contributed by atoms with Gasteiger partial charge in [-0.2, -0.15) is 0 Å². The Morgan fingerprint density at radius 3 is 2.85 bits per heavy atom. The van der Waals surface area contributed by atoms with Gasteiger partial charge in [0.15, 0.2) is 11.5 Å². The summed E-state index contributed by atoms with van der Waals surface area (Å²) in [5.41, 5.74) is 4.41. The molecule has 3 heterocycles. The first-order valence-electron chi connectivity index (χ1n) is 8.78. The third kappa shape index (κ3) is 2.21. The number of ether oxygens (including phenoxy) is 3. The highest BCUT2D eigenvalue weighted by atomic mass is 16.7. The Kier molecular flexibility index (Phi) is 3.13. The Morgan fingerprint density at radius 2 is 2.04 bits per heavy atom. The number of hydrogen-bond acceptors (Lipinski definition) is 6. The molecule has 0 fully saturated rings. The molecular formula is C20H20N2O4. The topological polar surface area (TPSA) is 72.3 Å². The molecule has 0 aliphatic carbocycles. The average molecular weight is 352 g/mol. The minimum Gasteiger partial charge on any atom is -0.504 e. The summed E-state index contributed by atoms with van der Waals surface area (Å²) in [6.07, 6.45) is 0.986. The lowest BCUT2D eigenvalue weighted by atomic mass is 9.94. The van der Waals surface area contributed by atoms with E-state index in [1.54, 1.807) is 0 Å². The van der Waals surface area contributed by atoms with E-state index in [-0.39, 0.29) is 18.1 Å². The molecule has 0 radical (unpaired) electrons. The number of nitrogens with one attached hydrogen (secondary N) is 1. The Morgan fingerprint density at radius 1 is 1.15 bits per heavy atom. The molecule has 3 aliphatic rings. The smallest absolute Gasteiger partial charge is 0.231 e. The Bertz CT molecular complexity index is 949. The number of aliphatic imine (C=N–C) groups is 1. The lowest BCUT2D eigenvalue weighted by molar-refractivity contribution is 0.171. The van der Waals surface area contributed by atoms with Crippen LogP contribution in [0.4, 0.5) is 5.69 Å². The molecule has 0 bridgehead atoms. The van der Waals surface area contributed by atoms with Gasteiger partial charge in [0, 0.05) is 23.4 Å². The minimum absolute atomic E-state index is 0.0158. The summed E-state index contributed by atoms with van der Waals surface area (Å²) < 4.78 is 16.9. The minimum atomic E-state index is -0.327. The molecule has 6 heteroatoms. The molecular weight excluding hydrogens is 332 g/mol. The van der Waals surface area contributed by atoms with Gasteiger partial charge in [0.2, 0.25) is 18.4 Å². The van der Waals surface area contributed by atoms with E-state index in [9.17, 15) is 5.11 Å². The quantitative estimate of drug-likeness (QED) is 0.868. The van der Waals surface area contributed by atoms with Crippen LogP contribution < -0.4 is 14.8 Å². The monoisotopic (exact) mass is 352 g/mol. The Hall–Kier alpha value is -2.89.